The van der Waals surface area contributed by atoms with Crippen LogP contribution in [0.3, 0.4) is 0 Å². The zero-order valence-electron chi connectivity index (χ0n) is 14.0. The summed E-state index contributed by atoms with van der Waals surface area (Å²) in [6, 6.07) is 4.08. The molecule has 128 valence electrons. The minimum Gasteiger partial charge on any atom is -0.481 e. The lowest BCUT2D eigenvalue weighted by Gasteiger charge is -2.14. The minimum atomic E-state index is -0.0788. The second-order valence-electron chi connectivity index (χ2n) is 6.11. The van der Waals surface area contributed by atoms with Gasteiger partial charge in [-0.2, -0.15) is 0 Å². The van der Waals surface area contributed by atoms with E-state index in [0.29, 0.717) is 16.9 Å². The number of rotatable bonds is 6. The topological polar surface area (TPSA) is 67.3 Å². The normalized spacial score (nSPS) is 17.8. The van der Waals surface area contributed by atoms with E-state index in [1.54, 1.807) is 18.4 Å². The summed E-state index contributed by atoms with van der Waals surface area (Å²) in [5.41, 5.74) is 1.28. The maximum atomic E-state index is 11.1. The van der Waals surface area contributed by atoms with E-state index in [2.05, 4.69) is 26.3 Å². The average Bonchev–Trinajstić information content (AvgIpc) is 3.17. The van der Waals surface area contributed by atoms with Gasteiger partial charge in [0, 0.05) is 43.4 Å². The molecule has 6 nitrogen and oxygen atoms in total. The SMILES string of the molecule is COc1cc(CC2CCN(Cc3cnc(NC(C)=O)s3)C2)ccn1. The molecular formula is C17H22N4O2S. The zero-order valence-corrected chi connectivity index (χ0v) is 14.8. The number of carbonyl (C=O) groups is 1. The van der Waals surface area contributed by atoms with Crippen molar-refractivity contribution in [2.75, 3.05) is 25.5 Å². The number of thiazole rings is 1. The molecular weight excluding hydrogens is 324 g/mol. The Kier molecular flexibility index (Phi) is 5.42. The molecule has 7 heteroatoms. The molecule has 0 saturated carbocycles. The fraction of sp³-hybridized carbons (Fsp3) is 0.471. The van der Waals surface area contributed by atoms with E-state index in [0.717, 1.165) is 26.1 Å². The molecule has 0 spiro atoms. The van der Waals surface area contributed by atoms with Crippen molar-refractivity contribution < 1.29 is 9.53 Å². The summed E-state index contributed by atoms with van der Waals surface area (Å²) in [7, 11) is 1.65. The molecule has 24 heavy (non-hydrogen) atoms. The molecule has 1 atom stereocenters. The molecule has 1 fully saturated rings. The van der Waals surface area contributed by atoms with E-state index >= 15 is 0 Å². The summed E-state index contributed by atoms with van der Waals surface area (Å²) >= 11 is 1.55. The molecule has 3 heterocycles. The van der Waals surface area contributed by atoms with Crippen LogP contribution in [0.5, 0.6) is 5.88 Å². The number of pyridine rings is 1. The average molecular weight is 346 g/mol. The van der Waals surface area contributed by atoms with Gasteiger partial charge >= 0.3 is 0 Å². The number of methoxy groups -OCH3 is 1. The van der Waals surface area contributed by atoms with Crippen molar-refractivity contribution in [2.45, 2.75) is 26.3 Å². The summed E-state index contributed by atoms with van der Waals surface area (Å²) in [5.74, 6) is 1.25. The van der Waals surface area contributed by atoms with Crippen LogP contribution in [0.2, 0.25) is 0 Å². The highest BCUT2D eigenvalue weighted by Gasteiger charge is 2.23. The van der Waals surface area contributed by atoms with E-state index in [9.17, 15) is 4.79 Å². The van der Waals surface area contributed by atoms with Gasteiger partial charge < -0.3 is 10.1 Å². The number of hydrogen-bond acceptors (Lipinski definition) is 6. The molecule has 1 saturated heterocycles. The van der Waals surface area contributed by atoms with Crippen LogP contribution in [-0.2, 0) is 17.8 Å². The smallest absolute Gasteiger partial charge is 0.223 e. The van der Waals surface area contributed by atoms with Gasteiger partial charge in [-0.3, -0.25) is 9.69 Å². The third-order valence-electron chi connectivity index (χ3n) is 4.12. The highest BCUT2D eigenvalue weighted by atomic mass is 32.1. The Morgan fingerprint density at radius 3 is 3.17 bits per heavy atom. The fourth-order valence-corrected chi connectivity index (χ4v) is 3.96. The van der Waals surface area contributed by atoms with Crippen molar-refractivity contribution in [3.63, 3.8) is 0 Å². The van der Waals surface area contributed by atoms with Crippen LogP contribution in [0, 0.1) is 5.92 Å². The number of likely N-dealkylation sites (tertiary alicyclic amines) is 1. The molecule has 3 rings (SSSR count). The number of ether oxygens (including phenoxy) is 1. The van der Waals surface area contributed by atoms with Gasteiger partial charge in [0.15, 0.2) is 5.13 Å². The number of amides is 1. The summed E-state index contributed by atoms with van der Waals surface area (Å²) in [5, 5.41) is 3.41. The second-order valence-corrected chi connectivity index (χ2v) is 7.23. The largest absolute Gasteiger partial charge is 0.481 e. The standard InChI is InChI=1S/C17H22N4O2S/c1-12(22)20-17-19-9-15(24-17)11-21-6-4-14(10-21)7-13-3-5-18-16(8-13)23-2/h3,5,8-9,14H,4,6-7,10-11H2,1-2H3,(H,19,20,22). The first-order valence-electron chi connectivity index (χ1n) is 8.06. The molecule has 1 N–H and O–H groups in total. The Bertz CT molecular complexity index is 703. The number of aromatic nitrogens is 2. The van der Waals surface area contributed by atoms with Crippen LogP contribution in [0.15, 0.2) is 24.5 Å². The van der Waals surface area contributed by atoms with Gasteiger partial charge in [-0.25, -0.2) is 9.97 Å². The number of nitrogens with zero attached hydrogens (tertiary/aromatic N) is 3. The zero-order chi connectivity index (χ0) is 16.9. The Morgan fingerprint density at radius 2 is 2.38 bits per heavy atom. The highest BCUT2D eigenvalue weighted by molar-refractivity contribution is 7.15. The Balaban J connectivity index is 1.51. The molecule has 0 radical (unpaired) electrons. The quantitative estimate of drug-likeness (QED) is 0.871. The molecule has 2 aromatic rings. The summed E-state index contributed by atoms with van der Waals surface area (Å²) < 4.78 is 5.19. The van der Waals surface area contributed by atoms with E-state index < -0.39 is 0 Å². The summed E-state index contributed by atoms with van der Waals surface area (Å²) in [6.07, 6.45) is 5.91. The fourth-order valence-electron chi connectivity index (χ4n) is 3.05. The van der Waals surface area contributed by atoms with Crippen molar-refractivity contribution in [1.82, 2.24) is 14.9 Å². The van der Waals surface area contributed by atoms with Gasteiger partial charge in [-0.1, -0.05) is 0 Å². The predicted molar refractivity (Wildman–Crippen MR) is 94.3 cm³/mol. The van der Waals surface area contributed by atoms with Crippen LogP contribution in [0.25, 0.3) is 0 Å². The van der Waals surface area contributed by atoms with Gasteiger partial charge in [0.1, 0.15) is 0 Å². The first kappa shape index (κ1) is 16.9. The number of nitrogens with one attached hydrogen (secondary N) is 1. The second kappa shape index (κ2) is 7.72. The molecule has 1 aliphatic rings. The molecule has 1 unspecified atom stereocenters. The summed E-state index contributed by atoms with van der Waals surface area (Å²) in [4.78, 5) is 23.1. The van der Waals surface area contributed by atoms with Gasteiger partial charge in [0.25, 0.3) is 0 Å². The van der Waals surface area contributed by atoms with Gasteiger partial charge in [-0.15, -0.1) is 11.3 Å². The van der Waals surface area contributed by atoms with Crippen LogP contribution < -0.4 is 10.1 Å². The van der Waals surface area contributed by atoms with Gasteiger partial charge in [-0.05, 0) is 36.9 Å². The third-order valence-corrected chi connectivity index (χ3v) is 5.02. The summed E-state index contributed by atoms with van der Waals surface area (Å²) in [6.45, 7) is 4.58. The third kappa shape index (κ3) is 4.52. The van der Waals surface area contributed by atoms with E-state index in [4.69, 9.17) is 4.74 Å². The maximum absolute atomic E-state index is 11.1. The Morgan fingerprint density at radius 1 is 1.50 bits per heavy atom. The van der Waals surface area contributed by atoms with Crippen LogP contribution in [0.1, 0.15) is 23.8 Å². The lowest BCUT2D eigenvalue weighted by atomic mass is 9.99. The van der Waals surface area contributed by atoms with Crippen molar-refractivity contribution in [2.24, 2.45) is 5.92 Å². The van der Waals surface area contributed by atoms with Crippen molar-refractivity contribution in [1.29, 1.82) is 0 Å². The maximum Gasteiger partial charge on any atom is 0.223 e. The molecule has 0 aliphatic carbocycles. The minimum absolute atomic E-state index is 0.0788. The first-order valence-corrected chi connectivity index (χ1v) is 8.87. The van der Waals surface area contributed by atoms with Gasteiger partial charge in [0.2, 0.25) is 11.8 Å². The van der Waals surface area contributed by atoms with Crippen molar-refractivity contribution in [3.8, 4) is 5.88 Å². The Labute approximate surface area is 145 Å². The molecule has 0 bridgehead atoms. The monoisotopic (exact) mass is 346 g/mol. The number of hydrogen-bond donors (Lipinski definition) is 1. The lowest BCUT2D eigenvalue weighted by Crippen LogP contribution is -2.20. The van der Waals surface area contributed by atoms with E-state index in [1.165, 1.54) is 23.8 Å². The van der Waals surface area contributed by atoms with Crippen LogP contribution >= 0.6 is 11.3 Å². The number of anilines is 1. The molecule has 1 amide bonds. The van der Waals surface area contributed by atoms with Crippen LogP contribution in [-0.4, -0.2) is 41.0 Å². The first-order chi connectivity index (χ1) is 11.6. The predicted octanol–water partition coefficient (Wildman–Crippen LogP) is 2.57. The van der Waals surface area contributed by atoms with Gasteiger partial charge in [0.05, 0.1) is 7.11 Å². The van der Waals surface area contributed by atoms with E-state index in [-0.39, 0.29) is 5.91 Å². The Hall–Kier alpha value is -1.99. The molecule has 2 aromatic heterocycles. The van der Waals surface area contributed by atoms with Crippen molar-refractivity contribution >= 4 is 22.4 Å². The van der Waals surface area contributed by atoms with Crippen LogP contribution in [0.4, 0.5) is 5.13 Å². The molecule has 1 aliphatic heterocycles. The van der Waals surface area contributed by atoms with Crippen molar-refractivity contribution in [3.05, 3.63) is 35.0 Å². The highest BCUT2D eigenvalue weighted by Crippen LogP contribution is 2.26. The molecule has 0 aromatic carbocycles. The number of carbonyl (C=O) groups excluding carboxylic acids is 1. The lowest BCUT2D eigenvalue weighted by molar-refractivity contribution is -0.114. The van der Waals surface area contributed by atoms with E-state index in [1.807, 2.05) is 18.5 Å².